The molecule has 0 aliphatic rings. The number of ether oxygens (including phenoxy) is 1. The fourth-order valence-corrected chi connectivity index (χ4v) is 4.02. The number of hydrogen-bond donors (Lipinski definition) is 1. The lowest BCUT2D eigenvalue weighted by atomic mass is 10.1. The highest BCUT2D eigenvalue weighted by Crippen LogP contribution is 2.27. The van der Waals surface area contributed by atoms with Crippen LogP contribution >= 0.6 is 11.6 Å². The van der Waals surface area contributed by atoms with Gasteiger partial charge in [0.25, 0.3) is 0 Å². The fraction of sp³-hybridized carbons (Fsp3) is 0.316. The van der Waals surface area contributed by atoms with E-state index in [1.54, 1.807) is 0 Å². The van der Waals surface area contributed by atoms with Crippen molar-refractivity contribution in [1.82, 2.24) is 5.32 Å². The monoisotopic (exact) mass is 395 g/mol. The number of carbonyl (C=O) groups is 1. The Hall–Kier alpha value is -2.05. The first-order chi connectivity index (χ1) is 12.4. The van der Waals surface area contributed by atoms with Gasteiger partial charge in [0.1, 0.15) is 5.75 Å². The van der Waals surface area contributed by atoms with Crippen molar-refractivity contribution in [3.05, 3.63) is 59.1 Å². The molecule has 0 saturated heterocycles. The molecule has 2 aromatic carbocycles. The lowest BCUT2D eigenvalue weighted by molar-refractivity contribution is -0.120. The Morgan fingerprint density at radius 3 is 2.54 bits per heavy atom. The highest BCUT2D eigenvalue weighted by Gasteiger charge is 2.18. The minimum Gasteiger partial charge on any atom is -0.495 e. The van der Waals surface area contributed by atoms with Crippen LogP contribution in [0, 0.1) is 0 Å². The Kier molecular flexibility index (Phi) is 7.48. The van der Waals surface area contributed by atoms with Gasteiger partial charge in [0.2, 0.25) is 5.91 Å². The molecule has 2 rings (SSSR count). The zero-order valence-electron chi connectivity index (χ0n) is 14.6. The van der Waals surface area contributed by atoms with Gasteiger partial charge in [-0.3, -0.25) is 4.79 Å². The molecule has 2 aromatic rings. The molecule has 0 aromatic heterocycles. The SMILES string of the molecule is COc1ccc(S(=O)(=O)CCC(=O)NCCCc2ccccc2)cc1Cl. The van der Waals surface area contributed by atoms with Crippen LogP contribution in [0.15, 0.2) is 53.4 Å². The minimum atomic E-state index is -3.58. The second-order valence-electron chi connectivity index (χ2n) is 5.80. The summed E-state index contributed by atoms with van der Waals surface area (Å²) >= 11 is 5.96. The van der Waals surface area contributed by atoms with Crippen LogP contribution in [-0.2, 0) is 21.1 Å². The highest BCUT2D eigenvalue weighted by atomic mass is 35.5. The second kappa shape index (κ2) is 9.59. The maximum Gasteiger partial charge on any atom is 0.221 e. The first-order valence-electron chi connectivity index (χ1n) is 8.29. The predicted octanol–water partition coefficient (Wildman–Crippen LogP) is 3.26. The molecule has 0 radical (unpaired) electrons. The number of halogens is 1. The van der Waals surface area contributed by atoms with E-state index < -0.39 is 9.84 Å². The van der Waals surface area contributed by atoms with Crippen LogP contribution in [0.2, 0.25) is 5.02 Å². The number of hydrogen-bond acceptors (Lipinski definition) is 4. The number of nitrogens with one attached hydrogen (secondary N) is 1. The van der Waals surface area contributed by atoms with Gasteiger partial charge in [0.15, 0.2) is 9.84 Å². The summed E-state index contributed by atoms with van der Waals surface area (Å²) in [5.74, 6) is -0.136. The first-order valence-corrected chi connectivity index (χ1v) is 10.3. The van der Waals surface area contributed by atoms with Gasteiger partial charge < -0.3 is 10.1 Å². The zero-order valence-corrected chi connectivity index (χ0v) is 16.1. The van der Waals surface area contributed by atoms with E-state index in [-0.39, 0.29) is 28.0 Å². The van der Waals surface area contributed by atoms with Gasteiger partial charge >= 0.3 is 0 Å². The molecule has 0 heterocycles. The minimum absolute atomic E-state index is 0.0835. The average molecular weight is 396 g/mol. The Bertz CT molecular complexity index is 838. The summed E-state index contributed by atoms with van der Waals surface area (Å²) in [7, 11) is -2.12. The van der Waals surface area contributed by atoms with Crippen molar-refractivity contribution < 1.29 is 17.9 Å². The molecule has 7 heteroatoms. The van der Waals surface area contributed by atoms with Crippen LogP contribution in [0.1, 0.15) is 18.4 Å². The Morgan fingerprint density at radius 1 is 1.15 bits per heavy atom. The molecule has 5 nitrogen and oxygen atoms in total. The average Bonchev–Trinajstić information content (AvgIpc) is 2.64. The molecular formula is C19H22ClNO4S. The molecule has 0 fully saturated rings. The van der Waals surface area contributed by atoms with Gasteiger partial charge in [-0.05, 0) is 36.6 Å². The lowest BCUT2D eigenvalue weighted by Gasteiger charge is -2.08. The largest absolute Gasteiger partial charge is 0.495 e. The van der Waals surface area contributed by atoms with Gasteiger partial charge in [0.05, 0.1) is 22.8 Å². The quantitative estimate of drug-likeness (QED) is 0.661. The maximum absolute atomic E-state index is 12.3. The molecule has 1 N–H and O–H groups in total. The molecule has 0 atom stereocenters. The molecule has 0 bridgehead atoms. The number of aryl methyl sites for hydroxylation is 1. The van der Waals surface area contributed by atoms with Crippen LogP contribution in [0.4, 0.5) is 0 Å². The van der Waals surface area contributed by atoms with Gasteiger partial charge in [0, 0.05) is 13.0 Å². The molecule has 1 amide bonds. The summed E-state index contributed by atoms with van der Waals surface area (Å²) in [6, 6.07) is 14.3. The number of benzene rings is 2. The lowest BCUT2D eigenvalue weighted by Crippen LogP contribution is -2.26. The molecule has 140 valence electrons. The van der Waals surface area contributed by atoms with Crippen molar-refractivity contribution in [1.29, 1.82) is 0 Å². The van der Waals surface area contributed by atoms with E-state index in [0.717, 1.165) is 12.8 Å². The Morgan fingerprint density at radius 2 is 1.88 bits per heavy atom. The predicted molar refractivity (Wildman–Crippen MR) is 102 cm³/mol. The molecule has 26 heavy (non-hydrogen) atoms. The Balaban J connectivity index is 1.77. The number of amides is 1. The first kappa shape index (κ1) is 20.3. The van der Waals surface area contributed by atoms with E-state index in [1.165, 1.54) is 30.9 Å². The number of rotatable bonds is 9. The molecule has 0 spiro atoms. The van der Waals surface area contributed by atoms with Crippen molar-refractivity contribution in [3.63, 3.8) is 0 Å². The van der Waals surface area contributed by atoms with Crippen LogP contribution < -0.4 is 10.1 Å². The van der Waals surface area contributed by atoms with Crippen molar-refractivity contribution in [2.45, 2.75) is 24.2 Å². The van der Waals surface area contributed by atoms with E-state index in [2.05, 4.69) is 5.32 Å². The summed E-state index contributed by atoms with van der Waals surface area (Å²) in [5, 5.41) is 2.98. The van der Waals surface area contributed by atoms with Crippen molar-refractivity contribution in [2.75, 3.05) is 19.4 Å². The summed E-state index contributed by atoms with van der Waals surface area (Å²) < 4.78 is 29.7. The standard InChI is InChI=1S/C19H22ClNO4S/c1-25-18-10-9-16(14-17(18)20)26(23,24)13-11-19(22)21-12-5-8-15-6-3-2-4-7-15/h2-4,6-7,9-10,14H,5,8,11-13H2,1H3,(H,21,22). The third-order valence-corrected chi connectivity index (χ3v) is 5.90. The van der Waals surface area contributed by atoms with Gasteiger partial charge in [-0.15, -0.1) is 0 Å². The number of methoxy groups -OCH3 is 1. The van der Waals surface area contributed by atoms with Crippen LogP contribution in [-0.4, -0.2) is 33.7 Å². The van der Waals surface area contributed by atoms with Crippen LogP contribution in [0.3, 0.4) is 0 Å². The van der Waals surface area contributed by atoms with E-state index >= 15 is 0 Å². The maximum atomic E-state index is 12.3. The summed E-state index contributed by atoms with van der Waals surface area (Å²) in [5.41, 5.74) is 1.21. The van der Waals surface area contributed by atoms with E-state index in [4.69, 9.17) is 16.3 Å². The van der Waals surface area contributed by atoms with Gasteiger partial charge in [-0.25, -0.2) is 8.42 Å². The van der Waals surface area contributed by atoms with Crippen molar-refractivity contribution >= 4 is 27.3 Å². The molecular weight excluding hydrogens is 374 g/mol. The van der Waals surface area contributed by atoms with Gasteiger partial charge in [-0.2, -0.15) is 0 Å². The second-order valence-corrected chi connectivity index (χ2v) is 8.32. The van der Waals surface area contributed by atoms with E-state index in [0.29, 0.717) is 12.3 Å². The topological polar surface area (TPSA) is 72.5 Å². The normalized spacial score (nSPS) is 11.2. The number of sulfone groups is 1. The smallest absolute Gasteiger partial charge is 0.221 e. The fourth-order valence-electron chi connectivity index (χ4n) is 2.44. The van der Waals surface area contributed by atoms with E-state index in [1.807, 2.05) is 30.3 Å². The third kappa shape index (κ3) is 6.04. The van der Waals surface area contributed by atoms with Crippen LogP contribution in [0.5, 0.6) is 5.75 Å². The summed E-state index contributed by atoms with van der Waals surface area (Å²) in [6.07, 6.45) is 1.58. The summed E-state index contributed by atoms with van der Waals surface area (Å²) in [6.45, 7) is 0.516. The third-order valence-electron chi connectivity index (χ3n) is 3.89. The molecule has 0 aliphatic heterocycles. The Labute approximate surface area is 159 Å². The molecule has 0 saturated carbocycles. The van der Waals surface area contributed by atoms with Gasteiger partial charge in [-0.1, -0.05) is 41.9 Å². The zero-order chi connectivity index (χ0) is 19.0. The summed E-state index contributed by atoms with van der Waals surface area (Å²) in [4.78, 5) is 12.0. The van der Waals surface area contributed by atoms with Crippen molar-refractivity contribution in [3.8, 4) is 5.75 Å². The number of carbonyl (C=O) groups excluding carboxylic acids is 1. The van der Waals surface area contributed by atoms with Crippen LogP contribution in [0.25, 0.3) is 0 Å². The highest BCUT2D eigenvalue weighted by molar-refractivity contribution is 7.91. The van der Waals surface area contributed by atoms with Crippen molar-refractivity contribution in [2.24, 2.45) is 0 Å². The molecule has 0 aliphatic carbocycles. The van der Waals surface area contributed by atoms with E-state index in [9.17, 15) is 13.2 Å². The molecule has 0 unspecified atom stereocenters.